The molecule has 0 spiro atoms. The first kappa shape index (κ1) is 9.70. The zero-order valence-corrected chi connectivity index (χ0v) is 9.22. The highest BCUT2D eigenvalue weighted by Gasteiger charge is 2.35. The average Bonchev–Trinajstić information content (AvgIpc) is 2.72. The van der Waals surface area contributed by atoms with Crippen molar-refractivity contribution in [3.8, 4) is 0 Å². The number of hydrogen-bond acceptors (Lipinski definition) is 2. The molecule has 0 bridgehead atoms. The van der Waals surface area contributed by atoms with Crippen molar-refractivity contribution >= 4 is 11.6 Å². The average molecular weight is 215 g/mol. The lowest BCUT2D eigenvalue weighted by atomic mass is 10.1. The molecule has 0 aromatic heterocycles. The lowest BCUT2D eigenvalue weighted by Gasteiger charge is -2.38. The van der Waals surface area contributed by atoms with Crippen molar-refractivity contribution in [2.75, 3.05) is 24.5 Å². The Hall–Kier alpha value is -1.51. The summed E-state index contributed by atoms with van der Waals surface area (Å²) in [6.07, 6.45) is 1.76. The first-order valence-electron chi connectivity index (χ1n) is 5.85. The fraction of sp³-hybridized carbons (Fsp3) is 0.462. The maximum Gasteiger partial charge on any atom is 0.223 e. The van der Waals surface area contributed by atoms with Crippen LogP contribution in [0, 0.1) is 6.07 Å². The molecule has 83 valence electrons. The fourth-order valence-corrected chi connectivity index (χ4v) is 2.69. The molecule has 2 saturated heterocycles. The van der Waals surface area contributed by atoms with E-state index in [1.54, 1.807) is 0 Å². The predicted molar refractivity (Wildman–Crippen MR) is 62.2 cm³/mol. The quantitative estimate of drug-likeness (QED) is 0.705. The zero-order valence-electron chi connectivity index (χ0n) is 9.22. The largest absolute Gasteiger partial charge is 0.368 e. The molecular weight excluding hydrogens is 200 g/mol. The van der Waals surface area contributed by atoms with E-state index in [1.807, 2.05) is 17.0 Å². The van der Waals surface area contributed by atoms with Crippen LogP contribution in [-0.2, 0) is 4.79 Å². The summed E-state index contributed by atoms with van der Waals surface area (Å²) >= 11 is 0. The molecule has 2 fully saturated rings. The van der Waals surface area contributed by atoms with Crippen molar-refractivity contribution in [1.29, 1.82) is 0 Å². The number of benzene rings is 1. The Morgan fingerprint density at radius 3 is 2.88 bits per heavy atom. The normalized spacial score (nSPS) is 24.8. The topological polar surface area (TPSA) is 23.6 Å². The lowest BCUT2D eigenvalue weighted by Crippen LogP contribution is -2.51. The highest BCUT2D eigenvalue weighted by Crippen LogP contribution is 2.25. The summed E-state index contributed by atoms with van der Waals surface area (Å²) in [5.41, 5.74) is 1.25. The monoisotopic (exact) mass is 215 g/mol. The molecule has 1 radical (unpaired) electrons. The smallest absolute Gasteiger partial charge is 0.223 e. The van der Waals surface area contributed by atoms with Gasteiger partial charge in [-0.25, -0.2) is 0 Å². The summed E-state index contributed by atoms with van der Waals surface area (Å²) < 4.78 is 0. The summed E-state index contributed by atoms with van der Waals surface area (Å²) in [6.45, 7) is 2.81. The number of nitrogens with zero attached hydrogens (tertiary/aromatic N) is 2. The Kier molecular flexibility index (Phi) is 2.31. The molecule has 1 amide bonds. The molecule has 3 rings (SSSR count). The molecule has 0 aliphatic carbocycles. The minimum absolute atomic E-state index is 0.339. The summed E-state index contributed by atoms with van der Waals surface area (Å²) in [7, 11) is 0. The maximum absolute atomic E-state index is 11.6. The Morgan fingerprint density at radius 2 is 2.06 bits per heavy atom. The van der Waals surface area contributed by atoms with Crippen LogP contribution >= 0.6 is 0 Å². The molecule has 3 heteroatoms. The number of amides is 1. The molecule has 3 nitrogen and oxygen atoms in total. The van der Waals surface area contributed by atoms with Crippen LogP contribution in [0.4, 0.5) is 5.69 Å². The van der Waals surface area contributed by atoms with E-state index in [0.717, 1.165) is 32.5 Å². The number of piperazine rings is 1. The van der Waals surface area contributed by atoms with Crippen LogP contribution < -0.4 is 4.90 Å². The van der Waals surface area contributed by atoms with E-state index in [9.17, 15) is 4.79 Å². The Bertz CT molecular complexity index is 390. The summed E-state index contributed by atoms with van der Waals surface area (Å²) in [5.74, 6) is 0.339. The van der Waals surface area contributed by atoms with Gasteiger partial charge < -0.3 is 9.80 Å². The molecular formula is C13H15N2O. The number of anilines is 1. The van der Waals surface area contributed by atoms with Gasteiger partial charge in [0.25, 0.3) is 0 Å². The van der Waals surface area contributed by atoms with E-state index < -0.39 is 0 Å². The number of carbonyl (C=O) groups excluding carboxylic acids is 1. The van der Waals surface area contributed by atoms with E-state index in [-0.39, 0.29) is 0 Å². The first-order valence-corrected chi connectivity index (χ1v) is 5.85. The van der Waals surface area contributed by atoms with E-state index in [1.165, 1.54) is 5.69 Å². The van der Waals surface area contributed by atoms with E-state index in [4.69, 9.17) is 0 Å². The first-order chi connectivity index (χ1) is 7.84. The van der Waals surface area contributed by atoms with Crippen LogP contribution in [0.2, 0.25) is 0 Å². The standard InChI is InChI=1S/C13H15N2O/c16-13-7-6-12-10-14(8-9-15(12)13)11-4-2-1-3-5-11/h2-5,12H,6-10H2. The molecule has 2 aliphatic heterocycles. The Labute approximate surface area is 95.7 Å². The van der Waals surface area contributed by atoms with Gasteiger partial charge in [-0.2, -0.15) is 0 Å². The maximum atomic E-state index is 11.6. The van der Waals surface area contributed by atoms with E-state index >= 15 is 0 Å². The van der Waals surface area contributed by atoms with Crippen molar-refractivity contribution in [2.24, 2.45) is 0 Å². The van der Waals surface area contributed by atoms with Crippen molar-refractivity contribution in [3.05, 3.63) is 30.3 Å². The molecule has 0 saturated carbocycles. The van der Waals surface area contributed by atoms with Gasteiger partial charge in [-0.1, -0.05) is 12.1 Å². The van der Waals surface area contributed by atoms with Crippen LogP contribution in [0.3, 0.4) is 0 Å². The van der Waals surface area contributed by atoms with Gasteiger partial charge in [0.1, 0.15) is 0 Å². The van der Waals surface area contributed by atoms with Gasteiger partial charge in [0.05, 0.1) is 0 Å². The van der Waals surface area contributed by atoms with Crippen LogP contribution in [-0.4, -0.2) is 36.5 Å². The van der Waals surface area contributed by atoms with Crippen LogP contribution in [0.25, 0.3) is 0 Å². The third-order valence-corrected chi connectivity index (χ3v) is 3.56. The SMILES string of the molecule is O=C1CCC2CN(c3cc[c]cc3)CCN12. The minimum Gasteiger partial charge on any atom is -0.368 e. The molecule has 1 atom stereocenters. The van der Waals surface area contributed by atoms with Gasteiger partial charge in [-0.3, -0.25) is 4.79 Å². The van der Waals surface area contributed by atoms with Gasteiger partial charge in [0, 0.05) is 37.8 Å². The molecule has 1 aromatic rings. The van der Waals surface area contributed by atoms with Gasteiger partial charge in [-0.05, 0) is 24.6 Å². The minimum atomic E-state index is 0.339. The van der Waals surface area contributed by atoms with Crippen LogP contribution in [0.1, 0.15) is 12.8 Å². The lowest BCUT2D eigenvalue weighted by molar-refractivity contribution is -0.129. The second-order valence-corrected chi connectivity index (χ2v) is 4.48. The molecule has 2 aliphatic rings. The number of fused-ring (bicyclic) bond motifs is 1. The second kappa shape index (κ2) is 3.81. The molecule has 1 aromatic carbocycles. The van der Waals surface area contributed by atoms with Crippen molar-refractivity contribution < 1.29 is 4.79 Å². The third-order valence-electron chi connectivity index (χ3n) is 3.56. The molecule has 1 unspecified atom stereocenters. The van der Waals surface area contributed by atoms with Crippen molar-refractivity contribution in [3.63, 3.8) is 0 Å². The second-order valence-electron chi connectivity index (χ2n) is 4.48. The molecule has 16 heavy (non-hydrogen) atoms. The molecule has 0 N–H and O–H groups in total. The summed E-state index contributed by atoms with van der Waals surface area (Å²) in [5, 5.41) is 0. The van der Waals surface area contributed by atoms with Crippen LogP contribution in [0.15, 0.2) is 24.3 Å². The van der Waals surface area contributed by atoms with Gasteiger partial charge in [-0.15, -0.1) is 0 Å². The Balaban J connectivity index is 1.75. The van der Waals surface area contributed by atoms with Crippen molar-refractivity contribution in [2.45, 2.75) is 18.9 Å². The van der Waals surface area contributed by atoms with Crippen molar-refractivity contribution in [1.82, 2.24) is 4.90 Å². The summed E-state index contributed by atoms with van der Waals surface area (Å²) in [4.78, 5) is 16.0. The van der Waals surface area contributed by atoms with Gasteiger partial charge >= 0.3 is 0 Å². The van der Waals surface area contributed by atoms with Gasteiger partial charge in [0.2, 0.25) is 5.91 Å². The number of hydrogen-bond donors (Lipinski definition) is 0. The fourth-order valence-electron chi connectivity index (χ4n) is 2.69. The number of carbonyl (C=O) groups is 1. The van der Waals surface area contributed by atoms with Crippen LogP contribution in [0.5, 0.6) is 0 Å². The van der Waals surface area contributed by atoms with E-state index in [0.29, 0.717) is 11.9 Å². The van der Waals surface area contributed by atoms with Gasteiger partial charge in [0.15, 0.2) is 0 Å². The summed E-state index contributed by atoms with van der Waals surface area (Å²) in [6, 6.07) is 11.5. The van der Waals surface area contributed by atoms with E-state index in [2.05, 4.69) is 23.1 Å². The Morgan fingerprint density at radius 1 is 1.25 bits per heavy atom. The molecule has 2 heterocycles. The zero-order chi connectivity index (χ0) is 11.0. The highest BCUT2D eigenvalue weighted by molar-refractivity contribution is 5.79. The third kappa shape index (κ3) is 1.56. The number of rotatable bonds is 1. The highest BCUT2D eigenvalue weighted by atomic mass is 16.2. The predicted octanol–water partition coefficient (Wildman–Crippen LogP) is 1.30.